The van der Waals surface area contributed by atoms with E-state index in [2.05, 4.69) is 0 Å². The van der Waals surface area contributed by atoms with Gasteiger partial charge in [0.1, 0.15) is 4.71 Å². The zero-order valence-electron chi connectivity index (χ0n) is 8.46. The molecular weight excluding hydrogens is 254 g/mol. The minimum absolute atomic E-state index is 0.0000463. The number of non-ortho nitro benzene ring substituents is 1. The molecule has 1 rings (SSSR count). The van der Waals surface area contributed by atoms with Crippen LogP contribution in [-0.4, -0.2) is 18.1 Å². The Kier molecular flexibility index (Phi) is 3.88. The Balaban J connectivity index is 3.12. The van der Waals surface area contributed by atoms with Gasteiger partial charge in [-0.15, -0.1) is 11.6 Å². The van der Waals surface area contributed by atoms with Gasteiger partial charge in [-0.1, -0.05) is 6.92 Å². The molecule has 0 bridgehead atoms. The molecule has 1 aromatic rings. The Hall–Kier alpha value is -1.14. The lowest BCUT2D eigenvalue weighted by atomic mass is 10.3. The first kappa shape index (κ1) is 12.9. The van der Waals surface area contributed by atoms with Crippen LogP contribution in [0, 0.1) is 10.1 Å². The Bertz CT molecular complexity index is 483. The van der Waals surface area contributed by atoms with Crippen LogP contribution in [0.25, 0.3) is 0 Å². The van der Waals surface area contributed by atoms with E-state index in [4.69, 9.17) is 11.6 Å². The smallest absolute Gasteiger partial charge is 0.258 e. The molecule has 0 saturated heterocycles. The van der Waals surface area contributed by atoms with Crippen LogP contribution < -0.4 is 0 Å². The molecule has 0 N–H and O–H groups in total. The number of hydrogen-bond donors (Lipinski definition) is 0. The normalized spacial score (nSPS) is 13.4. The molecule has 0 aliphatic heterocycles. The van der Waals surface area contributed by atoms with Gasteiger partial charge in [0, 0.05) is 12.1 Å². The Morgan fingerprint density at radius 1 is 1.38 bits per heavy atom. The fourth-order valence-corrected chi connectivity index (χ4v) is 2.68. The van der Waals surface area contributed by atoms with Crippen LogP contribution in [0.2, 0.25) is 0 Å². The maximum absolute atomic E-state index is 11.7. The number of hydrogen-bond acceptors (Lipinski definition) is 4. The highest BCUT2D eigenvalue weighted by atomic mass is 35.5. The Morgan fingerprint density at radius 2 is 1.88 bits per heavy atom. The lowest BCUT2D eigenvalue weighted by Crippen LogP contribution is -2.14. The second-order valence-corrected chi connectivity index (χ2v) is 6.03. The third-order valence-corrected chi connectivity index (χ3v) is 4.98. The predicted octanol–water partition coefficient (Wildman–Crippen LogP) is 2.34. The number of nitro benzene ring substituents is 1. The fourth-order valence-electron chi connectivity index (χ4n) is 1.12. The summed E-state index contributed by atoms with van der Waals surface area (Å²) in [5, 5.41) is 10.4. The molecule has 5 nitrogen and oxygen atoms in total. The molecular formula is C9H10ClNO4S. The number of benzene rings is 1. The molecule has 1 atom stereocenters. The Labute approximate surface area is 98.1 Å². The molecule has 0 aromatic heterocycles. The zero-order valence-corrected chi connectivity index (χ0v) is 10.0. The van der Waals surface area contributed by atoms with Crippen LogP contribution in [0.1, 0.15) is 13.3 Å². The van der Waals surface area contributed by atoms with E-state index >= 15 is 0 Å². The molecule has 88 valence electrons. The first-order valence-electron chi connectivity index (χ1n) is 4.52. The van der Waals surface area contributed by atoms with Gasteiger partial charge in [0.2, 0.25) is 0 Å². The van der Waals surface area contributed by atoms with E-state index in [1.54, 1.807) is 6.92 Å². The Morgan fingerprint density at radius 3 is 2.25 bits per heavy atom. The summed E-state index contributed by atoms with van der Waals surface area (Å²) in [5.41, 5.74) is -0.151. The van der Waals surface area contributed by atoms with Crippen LogP contribution in [0.3, 0.4) is 0 Å². The second-order valence-electron chi connectivity index (χ2n) is 3.11. The minimum Gasteiger partial charge on any atom is -0.258 e. The summed E-state index contributed by atoms with van der Waals surface area (Å²) in [6.07, 6.45) is 0.279. The molecule has 0 heterocycles. The summed E-state index contributed by atoms with van der Waals surface area (Å²) in [4.78, 5) is 9.79. The van der Waals surface area contributed by atoms with E-state index < -0.39 is 19.5 Å². The SMILES string of the molecule is CCC(Cl)S(=O)(=O)c1ccc([N+](=O)[O-])cc1. The molecule has 1 unspecified atom stereocenters. The van der Waals surface area contributed by atoms with Gasteiger partial charge in [-0.05, 0) is 18.6 Å². The molecule has 0 radical (unpaired) electrons. The number of rotatable bonds is 4. The van der Waals surface area contributed by atoms with Crippen LogP contribution in [0.5, 0.6) is 0 Å². The highest BCUT2D eigenvalue weighted by molar-refractivity contribution is 7.93. The lowest BCUT2D eigenvalue weighted by molar-refractivity contribution is -0.384. The van der Waals surface area contributed by atoms with E-state index in [-0.39, 0.29) is 17.0 Å². The molecule has 0 fully saturated rings. The van der Waals surface area contributed by atoms with E-state index in [0.717, 1.165) is 12.1 Å². The van der Waals surface area contributed by atoms with Gasteiger partial charge in [-0.3, -0.25) is 10.1 Å². The van der Waals surface area contributed by atoms with Crippen LogP contribution >= 0.6 is 11.6 Å². The molecule has 16 heavy (non-hydrogen) atoms. The van der Waals surface area contributed by atoms with E-state index in [1.165, 1.54) is 12.1 Å². The van der Waals surface area contributed by atoms with Gasteiger partial charge in [-0.2, -0.15) is 0 Å². The summed E-state index contributed by atoms with van der Waals surface area (Å²) in [7, 11) is -3.59. The van der Waals surface area contributed by atoms with Crippen LogP contribution in [-0.2, 0) is 9.84 Å². The zero-order chi connectivity index (χ0) is 12.3. The summed E-state index contributed by atoms with van der Waals surface area (Å²) >= 11 is 5.67. The molecule has 0 aliphatic rings. The number of nitro groups is 1. The quantitative estimate of drug-likeness (QED) is 0.475. The van der Waals surface area contributed by atoms with E-state index in [9.17, 15) is 18.5 Å². The summed E-state index contributed by atoms with van der Waals surface area (Å²) in [6.45, 7) is 1.65. The largest absolute Gasteiger partial charge is 0.269 e. The van der Waals surface area contributed by atoms with Crippen LogP contribution in [0.4, 0.5) is 5.69 Å². The van der Waals surface area contributed by atoms with Gasteiger partial charge in [-0.25, -0.2) is 8.42 Å². The van der Waals surface area contributed by atoms with Crippen molar-refractivity contribution in [2.45, 2.75) is 22.9 Å². The molecule has 7 heteroatoms. The lowest BCUT2D eigenvalue weighted by Gasteiger charge is -2.08. The average molecular weight is 264 g/mol. The first-order chi connectivity index (χ1) is 7.39. The summed E-state index contributed by atoms with van der Waals surface area (Å²) < 4.78 is 22.5. The van der Waals surface area contributed by atoms with Crippen molar-refractivity contribution in [2.75, 3.05) is 0 Å². The predicted molar refractivity (Wildman–Crippen MR) is 60.2 cm³/mol. The van der Waals surface area contributed by atoms with Crippen molar-refractivity contribution in [1.29, 1.82) is 0 Å². The van der Waals surface area contributed by atoms with Crippen molar-refractivity contribution in [3.8, 4) is 0 Å². The highest BCUT2D eigenvalue weighted by Crippen LogP contribution is 2.23. The average Bonchev–Trinajstić information content (AvgIpc) is 2.28. The maximum Gasteiger partial charge on any atom is 0.269 e. The fraction of sp³-hybridized carbons (Fsp3) is 0.333. The number of alkyl halides is 1. The number of sulfone groups is 1. The van der Waals surface area contributed by atoms with Crippen molar-refractivity contribution >= 4 is 27.1 Å². The van der Waals surface area contributed by atoms with Gasteiger partial charge in [0.15, 0.2) is 9.84 Å². The number of nitrogens with zero attached hydrogens (tertiary/aromatic N) is 1. The van der Waals surface area contributed by atoms with Gasteiger partial charge >= 0.3 is 0 Å². The van der Waals surface area contributed by atoms with Gasteiger partial charge < -0.3 is 0 Å². The van der Waals surface area contributed by atoms with E-state index in [0.29, 0.717) is 0 Å². The van der Waals surface area contributed by atoms with Gasteiger partial charge in [0.05, 0.1) is 9.82 Å². The van der Waals surface area contributed by atoms with E-state index in [1.807, 2.05) is 0 Å². The second kappa shape index (κ2) is 4.80. The third-order valence-electron chi connectivity index (χ3n) is 2.03. The van der Waals surface area contributed by atoms with Crippen molar-refractivity contribution < 1.29 is 13.3 Å². The summed E-state index contributed by atoms with van der Waals surface area (Å²) in [6, 6.07) is 4.68. The van der Waals surface area contributed by atoms with Crippen molar-refractivity contribution in [3.63, 3.8) is 0 Å². The standard InChI is InChI=1S/C9H10ClNO4S/c1-2-9(10)16(14,15)8-5-3-7(4-6-8)11(12)13/h3-6,9H,2H2,1H3. The minimum atomic E-state index is -3.59. The topological polar surface area (TPSA) is 77.3 Å². The third kappa shape index (κ3) is 2.51. The molecule has 0 aliphatic carbocycles. The summed E-state index contributed by atoms with van der Waals surface area (Å²) in [5.74, 6) is 0. The van der Waals surface area contributed by atoms with Crippen molar-refractivity contribution in [3.05, 3.63) is 34.4 Å². The molecule has 0 spiro atoms. The monoisotopic (exact) mass is 263 g/mol. The molecule has 1 aromatic carbocycles. The van der Waals surface area contributed by atoms with Gasteiger partial charge in [0.25, 0.3) is 5.69 Å². The molecule has 0 saturated carbocycles. The van der Waals surface area contributed by atoms with Crippen molar-refractivity contribution in [1.82, 2.24) is 0 Å². The van der Waals surface area contributed by atoms with Crippen LogP contribution in [0.15, 0.2) is 29.2 Å². The molecule has 0 amide bonds. The number of halogens is 1. The first-order valence-corrected chi connectivity index (χ1v) is 6.50. The highest BCUT2D eigenvalue weighted by Gasteiger charge is 2.24. The maximum atomic E-state index is 11.7. The van der Waals surface area contributed by atoms with Crippen molar-refractivity contribution in [2.24, 2.45) is 0 Å².